The van der Waals surface area contributed by atoms with E-state index in [-0.39, 0.29) is 18.6 Å². The van der Waals surface area contributed by atoms with Gasteiger partial charge in [-0.15, -0.1) is 0 Å². The summed E-state index contributed by atoms with van der Waals surface area (Å²) in [4.78, 5) is 17.3. The number of methoxy groups -OCH3 is 2. The number of rotatable bonds is 7. The van der Waals surface area contributed by atoms with Crippen LogP contribution in [0.5, 0.6) is 11.5 Å². The normalized spacial score (nSPS) is 16.9. The van der Waals surface area contributed by atoms with Crippen molar-refractivity contribution in [3.63, 3.8) is 0 Å². The van der Waals surface area contributed by atoms with Gasteiger partial charge in [0, 0.05) is 19.0 Å². The summed E-state index contributed by atoms with van der Waals surface area (Å²) in [7, 11) is 3.25. The molecule has 0 unspecified atom stereocenters. The van der Waals surface area contributed by atoms with E-state index in [1.807, 2.05) is 18.2 Å². The van der Waals surface area contributed by atoms with Crippen molar-refractivity contribution in [1.29, 1.82) is 0 Å². The van der Waals surface area contributed by atoms with E-state index in [2.05, 4.69) is 10.2 Å². The molecule has 1 aromatic rings. The maximum Gasteiger partial charge on any atom is 0.300 e. The lowest BCUT2D eigenvalue weighted by atomic mass is 10.1. The van der Waals surface area contributed by atoms with Gasteiger partial charge in [0.15, 0.2) is 0 Å². The van der Waals surface area contributed by atoms with E-state index in [1.54, 1.807) is 19.1 Å². The molecule has 0 radical (unpaired) electrons. The quantitative estimate of drug-likeness (QED) is 0.614. The van der Waals surface area contributed by atoms with Crippen LogP contribution >= 0.6 is 0 Å². The highest BCUT2D eigenvalue weighted by Gasteiger charge is 2.32. The predicted octanol–water partition coefficient (Wildman–Crippen LogP) is 1.70. The molecule has 1 aromatic carbocycles. The minimum Gasteiger partial charge on any atom is -0.497 e. The summed E-state index contributed by atoms with van der Waals surface area (Å²) in [5.74, 6) is 1.52. The van der Waals surface area contributed by atoms with Gasteiger partial charge < -0.3 is 14.8 Å². The number of likely N-dealkylation sites (tertiary alicyclic amines) is 1. The van der Waals surface area contributed by atoms with Crippen molar-refractivity contribution in [2.24, 2.45) is 0 Å². The van der Waals surface area contributed by atoms with Crippen LogP contribution in [0.2, 0.25) is 0 Å². The number of hydrogen-bond acceptors (Lipinski definition) is 4. The van der Waals surface area contributed by atoms with Gasteiger partial charge >= 0.3 is 6.17 Å². The number of carbonyl (C=O) groups is 1. The van der Waals surface area contributed by atoms with Crippen molar-refractivity contribution < 1.29 is 14.3 Å². The monoisotopic (exact) mass is 317 g/mol. The molecule has 1 heterocycles. The van der Waals surface area contributed by atoms with E-state index in [0.717, 1.165) is 36.3 Å². The number of benzene rings is 1. The zero-order valence-corrected chi connectivity index (χ0v) is 13.7. The third-order valence-electron chi connectivity index (χ3n) is 3.97. The Bertz CT molecular complexity index is 561. The summed E-state index contributed by atoms with van der Waals surface area (Å²) in [5.41, 5.74) is 1.08. The Hall–Kier alpha value is -2.26. The molecule has 0 spiro atoms. The summed E-state index contributed by atoms with van der Waals surface area (Å²) in [6, 6.07) is 5.75. The maximum atomic E-state index is 12.1. The SMILES string of the molecule is [C-]#[N+][C@@H]1CCCN1C(=O)CNCCc1cc(OC)cc(OC)c1. The molecule has 0 bridgehead atoms. The van der Waals surface area contributed by atoms with Crippen LogP contribution in [-0.4, -0.2) is 50.8 Å². The van der Waals surface area contributed by atoms with Gasteiger partial charge in [0.2, 0.25) is 5.91 Å². The molecule has 1 fully saturated rings. The predicted molar refractivity (Wildman–Crippen MR) is 87.5 cm³/mol. The summed E-state index contributed by atoms with van der Waals surface area (Å²) in [5, 5.41) is 3.15. The Morgan fingerprint density at radius 1 is 1.35 bits per heavy atom. The number of amides is 1. The number of ether oxygens (including phenoxy) is 2. The highest BCUT2D eigenvalue weighted by Crippen LogP contribution is 2.22. The lowest BCUT2D eigenvalue weighted by Crippen LogP contribution is -2.40. The molecule has 6 heteroatoms. The Morgan fingerprint density at radius 3 is 2.65 bits per heavy atom. The second kappa shape index (κ2) is 8.39. The van der Waals surface area contributed by atoms with Crippen molar-refractivity contribution in [2.75, 3.05) is 33.9 Å². The Balaban J connectivity index is 1.79. The lowest BCUT2D eigenvalue weighted by Gasteiger charge is -2.16. The summed E-state index contributed by atoms with van der Waals surface area (Å²) in [6.45, 7) is 8.76. The molecule has 1 aliphatic rings. The molecular weight excluding hydrogens is 294 g/mol. The molecule has 124 valence electrons. The molecule has 1 saturated heterocycles. The minimum absolute atomic E-state index is 0.00622. The fourth-order valence-electron chi connectivity index (χ4n) is 2.71. The van der Waals surface area contributed by atoms with Gasteiger partial charge in [-0.1, -0.05) is 0 Å². The fraction of sp³-hybridized carbons (Fsp3) is 0.529. The first kappa shape index (κ1) is 17.1. The van der Waals surface area contributed by atoms with Gasteiger partial charge in [-0.2, -0.15) is 0 Å². The van der Waals surface area contributed by atoms with Gasteiger partial charge in [0.05, 0.1) is 20.8 Å². The first-order valence-electron chi connectivity index (χ1n) is 7.76. The highest BCUT2D eigenvalue weighted by molar-refractivity contribution is 5.79. The topological polar surface area (TPSA) is 55.2 Å². The molecule has 23 heavy (non-hydrogen) atoms. The average molecular weight is 317 g/mol. The Kier molecular flexibility index (Phi) is 6.24. The molecule has 6 nitrogen and oxygen atoms in total. The van der Waals surface area contributed by atoms with E-state index in [9.17, 15) is 4.79 Å². The number of hydrogen-bond donors (Lipinski definition) is 1. The Labute approximate surface area is 137 Å². The summed E-state index contributed by atoms with van der Waals surface area (Å²) in [6.07, 6.45) is 2.21. The van der Waals surface area contributed by atoms with Gasteiger partial charge in [-0.05, 0) is 37.1 Å². The summed E-state index contributed by atoms with van der Waals surface area (Å²) < 4.78 is 10.5. The van der Waals surface area contributed by atoms with Crippen LogP contribution < -0.4 is 14.8 Å². The van der Waals surface area contributed by atoms with Crippen molar-refractivity contribution >= 4 is 5.91 Å². The van der Waals surface area contributed by atoms with Gasteiger partial charge in [0.1, 0.15) is 11.5 Å². The molecule has 0 aromatic heterocycles. The Morgan fingerprint density at radius 2 is 2.04 bits per heavy atom. The molecule has 1 atom stereocenters. The standard InChI is InChI=1S/C17H23N3O3/c1-18-16-5-4-8-20(16)17(21)12-19-7-6-13-9-14(22-2)11-15(10-13)23-3/h9-11,16,19H,4-8,12H2,2-3H3/t16-/m0/s1. The molecule has 0 saturated carbocycles. The third-order valence-corrected chi connectivity index (χ3v) is 3.97. The zero-order valence-electron chi connectivity index (χ0n) is 13.7. The van der Waals surface area contributed by atoms with Gasteiger partial charge in [-0.3, -0.25) is 14.5 Å². The average Bonchev–Trinajstić information content (AvgIpc) is 3.06. The van der Waals surface area contributed by atoms with Crippen LogP contribution in [0.3, 0.4) is 0 Å². The van der Waals surface area contributed by atoms with E-state index in [0.29, 0.717) is 13.1 Å². The molecule has 0 aliphatic carbocycles. The smallest absolute Gasteiger partial charge is 0.300 e. The van der Waals surface area contributed by atoms with Crippen LogP contribution in [0.1, 0.15) is 18.4 Å². The fourth-order valence-corrected chi connectivity index (χ4v) is 2.71. The molecule has 1 N–H and O–H groups in total. The summed E-state index contributed by atoms with van der Waals surface area (Å²) >= 11 is 0. The molecule has 1 aliphatic heterocycles. The first-order chi connectivity index (χ1) is 11.2. The lowest BCUT2D eigenvalue weighted by molar-refractivity contribution is -0.130. The second-order valence-corrected chi connectivity index (χ2v) is 5.49. The third kappa shape index (κ3) is 4.60. The number of nitrogens with zero attached hydrogens (tertiary/aromatic N) is 2. The van der Waals surface area contributed by atoms with Crippen LogP contribution in [0.25, 0.3) is 4.85 Å². The van der Waals surface area contributed by atoms with Crippen molar-refractivity contribution in [3.05, 3.63) is 35.2 Å². The van der Waals surface area contributed by atoms with Gasteiger partial charge in [-0.25, -0.2) is 6.57 Å². The van der Waals surface area contributed by atoms with E-state index in [1.165, 1.54) is 0 Å². The van der Waals surface area contributed by atoms with Crippen LogP contribution in [0.4, 0.5) is 0 Å². The largest absolute Gasteiger partial charge is 0.497 e. The van der Waals surface area contributed by atoms with Crippen molar-refractivity contribution in [1.82, 2.24) is 10.2 Å². The van der Waals surface area contributed by atoms with E-state index in [4.69, 9.17) is 16.0 Å². The number of carbonyl (C=O) groups excluding carboxylic acids is 1. The highest BCUT2D eigenvalue weighted by atomic mass is 16.5. The van der Waals surface area contributed by atoms with Crippen molar-refractivity contribution in [3.8, 4) is 11.5 Å². The first-order valence-corrected chi connectivity index (χ1v) is 7.76. The van der Waals surface area contributed by atoms with Crippen molar-refractivity contribution in [2.45, 2.75) is 25.4 Å². The molecule has 1 amide bonds. The minimum atomic E-state index is -0.271. The van der Waals surface area contributed by atoms with Crippen LogP contribution in [-0.2, 0) is 11.2 Å². The molecular formula is C17H23N3O3. The molecule has 2 rings (SSSR count). The van der Waals surface area contributed by atoms with Crippen LogP contribution in [0, 0.1) is 6.57 Å². The number of nitrogens with one attached hydrogen (secondary N) is 1. The second-order valence-electron chi connectivity index (χ2n) is 5.49. The maximum absolute atomic E-state index is 12.1. The van der Waals surface area contributed by atoms with E-state index < -0.39 is 0 Å². The van der Waals surface area contributed by atoms with Crippen LogP contribution in [0.15, 0.2) is 18.2 Å². The van der Waals surface area contributed by atoms with E-state index >= 15 is 0 Å². The van der Waals surface area contributed by atoms with Gasteiger partial charge in [0.25, 0.3) is 0 Å². The zero-order chi connectivity index (χ0) is 16.7.